The van der Waals surface area contributed by atoms with E-state index in [-0.39, 0.29) is 11.5 Å². The SMILES string of the molecule is C[N+](C)(C)CCO.Cc1ccccc1S(=O)(=O)[O-]. The Labute approximate surface area is 109 Å². The molecule has 0 radical (unpaired) electrons. The van der Waals surface area contributed by atoms with E-state index in [2.05, 4.69) is 21.1 Å². The minimum absolute atomic E-state index is 0.139. The van der Waals surface area contributed by atoms with Crippen LogP contribution >= 0.6 is 0 Å². The normalized spacial score (nSPS) is 11.7. The number of rotatable bonds is 3. The van der Waals surface area contributed by atoms with Crippen molar-refractivity contribution in [2.24, 2.45) is 0 Å². The maximum Gasteiger partial charge on any atom is 0.124 e. The van der Waals surface area contributed by atoms with Crippen LogP contribution in [0.25, 0.3) is 0 Å². The molecule has 0 heterocycles. The number of aliphatic hydroxyl groups is 1. The third-order valence-electron chi connectivity index (χ3n) is 2.13. The molecule has 0 saturated carbocycles. The predicted octanol–water partition coefficient (Wildman–Crippen LogP) is 0.584. The van der Waals surface area contributed by atoms with Gasteiger partial charge in [-0.25, -0.2) is 8.42 Å². The summed E-state index contributed by atoms with van der Waals surface area (Å²) in [5.74, 6) is 0. The van der Waals surface area contributed by atoms with Gasteiger partial charge in [0.15, 0.2) is 0 Å². The summed E-state index contributed by atoms with van der Waals surface area (Å²) in [6.45, 7) is 2.70. The summed E-state index contributed by atoms with van der Waals surface area (Å²) >= 11 is 0. The number of likely N-dealkylation sites (N-methyl/N-ethyl adjacent to an activating group) is 1. The Kier molecular flexibility index (Phi) is 6.48. The van der Waals surface area contributed by atoms with Gasteiger partial charge in [-0.1, -0.05) is 18.2 Å². The van der Waals surface area contributed by atoms with Gasteiger partial charge in [0.25, 0.3) is 0 Å². The van der Waals surface area contributed by atoms with Crippen LogP contribution in [-0.2, 0) is 10.1 Å². The van der Waals surface area contributed by atoms with Crippen LogP contribution in [0.3, 0.4) is 0 Å². The fraction of sp³-hybridized carbons (Fsp3) is 0.500. The van der Waals surface area contributed by atoms with Crippen molar-refractivity contribution in [1.82, 2.24) is 0 Å². The molecule has 18 heavy (non-hydrogen) atoms. The lowest BCUT2D eigenvalue weighted by Crippen LogP contribution is -2.36. The van der Waals surface area contributed by atoms with Crippen molar-refractivity contribution < 1.29 is 22.6 Å². The van der Waals surface area contributed by atoms with Gasteiger partial charge in [0.1, 0.15) is 16.7 Å². The second-order valence-corrected chi connectivity index (χ2v) is 6.31. The Morgan fingerprint density at radius 3 is 1.94 bits per heavy atom. The number of aryl methyl sites for hydroxylation is 1. The lowest BCUT2D eigenvalue weighted by Gasteiger charge is -2.21. The third-order valence-corrected chi connectivity index (χ3v) is 3.13. The largest absolute Gasteiger partial charge is 0.744 e. The molecule has 6 heteroatoms. The summed E-state index contributed by atoms with van der Waals surface area (Å²) < 4.78 is 32.3. The molecule has 0 unspecified atom stereocenters. The first kappa shape index (κ1) is 17.1. The van der Waals surface area contributed by atoms with Crippen LogP contribution in [0, 0.1) is 6.92 Å². The molecule has 1 rings (SSSR count). The second-order valence-electron chi connectivity index (χ2n) is 4.96. The van der Waals surface area contributed by atoms with Crippen LogP contribution in [0.5, 0.6) is 0 Å². The van der Waals surface area contributed by atoms with Crippen molar-refractivity contribution in [3.05, 3.63) is 29.8 Å². The smallest absolute Gasteiger partial charge is 0.124 e. The standard InChI is InChI=1S/C7H8O3S.C5H14NO/c1-6-4-2-3-5-7(6)11(8,9)10;1-6(2,3)4-5-7/h2-5H,1H3,(H,8,9,10);7H,4-5H2,1-3H3/q;+1/p-1. The average molecular weight is 275 g/mol. The zero-order valence-electron chi connectivity index (χ0n) is 11.3. The third kappa shape index (κ3) is 7.39. The van der Waals surface area contributed by atoms with Gasteiger partial charge in [-0.15, -0.1) is 0 Å². The van der Waals surface area contributed by atoms with Crippen LogP contribution in [-0.4, -0.2) is 56.9 Å². The highest BCUT2D eigenvalue weighted by molar-refractivity contribution is 7.85. The molecule has 0 saturated heterocycles. The molecule has 0 bridgehead atoms. The summed E-state index contributed by atoms with van der Waals surface area (Å²) in [5, 5.41) is 8.39. The Morgan fingerprint density at radius 2 is 1.72 bits per heavy atom. The molecule has 0 aliphatic heterocycles. The van der Waals surface area contributed by atoms with E-state index in [0.29, 0.717) is 5.56 Å². The Bertz CT molecular complexity index is 463. The van der Waals surface area contributed by atoms with Crippen molar-refractivity contribution in [3.63, 3.8) is 0 Å². The zero-order chi connectivity index (χ0) is 14.4. The van der Waals surface area contributed by atoms with Gasteiger partial charge >= 0.3 is 0 Å². The molecule has 1 aromatic rings. The van der Waals surface area contributed by atoms with Crippen molar-refractivity contribution in [2.75, 3.05) is 34.3 Å². The van der Waals surface area contributed by atoms with Gasteiger partial charge in [0.2, 0.25) is 0 Å². The first-order valence-corrected chi connectivity index (χ1v) is 6.91. The van der Waals surface area contributed by atoms with Crippen molar-refractivity contribution >= 4 is 10.1 Å². The molecule has 104 valence electrons. The van der Waals surface area contributed by atoms with E-state index in [4.69, 9.17) is 5.11 Å². The fourth-order valence-electron chi connectivity index (χ4n) is 1.14. The molecule has 1 N–H and O–H groups in total. The Hall–Kier alpha value is -0.950. The van der Waals surface area contributed by atoms with Gasteiger partial charge in [0, 0.05) is 0 Å². The van der Waals surface area contributed by atoms with E-state index < -0.39 is 10.1 Å². The molecule has 0 aromatic heterocycles. The highest BCUT2D eigenvalue weighted by atomic mass is 32.2. The minimum atomic E-state index is -4.28. The quantitative estimate of drug-likeness (QED) is 0.647. The van der Waals surface area contributed by atoms with Gasteiger partial charge < -0.3 is 14.1 Å². The molecule has 5 nitrogen and oxygen atoms in total. The van der Waals surface area contributed by atoms with E-state index in [1.54, 1.807) is 19.1 Å². The van der Waals surface area contributed by atoms with E-state index in [0.717, 1.165) is 11.0 Å². The monoisotopic (exact) mass is 275 g/mol. The molecular formula is C12H21NO4S. The Balaban J connectivity index is 0.000000360. The van der Waals surface area contributed by atoms with Crippen LogP contribution in [0.4, 0.5) is 0 Å². The van der Waals surface area contributed by atoms with E-state index in [1.165, 1.54) is 12.1 Å². The fourth-order valence-corrected chi connectivity index (χ4v) is 1.84. The maximum atomic E-state index is 10.5. The summed E-state index contributed by atoms with van der Waals surface area (Å²) in [7, 11) is 1.87. The highest BCUT2D eigenvalue weighted by Gasteiger charge is 2.02. The van der Waals surface area contributed by atoms with E-state index in [9.17, 15) is 13.0 Å². The number of hydrogen-bond donors (Lipinski definition) is 1. The summed E-state index contributed by atoms with van der Waals surface area (Å²) in [6.07, 6.45) is 0. The van der Waals surface area contributed by atoms with E-state index >= 15 is 0 Å². The lowest BCUT2D eigenvalue weighted by molar-refractivity contribution is -0.870. The number of benzene rings is 1. The first-order valence-electron chi connectivity index (χ1n) is 5.51. The molecule has 1 aromatic carbocycles. The maximum absolute atomic E-state index is 10.5. The Morgan fingerprint density at radius 1 is 1.22 bits per heavy atom. The number of quaternary nitrogens is 1. The van der Waals surface area contributed by atoms with Gasteiger partial charge in [-0.2, -0.15) is 0 Å². The van der Waals surface area contributed by atoms with Crippen LogP contribution in [0.15, 0.2) is 29.2 Å². The van der Waals surface area contributed by atoms with Gasteiger partial charge in [-0.05, 0) is 18.6 Å². The van der Waals surface area contributed by atoms with Gasteiger partial charge in [-0.3, -0.25) is 0 Å². The molecule has 0 fully saturated rings. The molecular weight excluding hydrogens is 254 g/mol. The van der Waals surface area contributed by atoms with Crippen molar-refractivity contribution in [3.8, 4) is 0 Å². The summed E-state index contributed by atoms with van der Waals surface area (Å²) in [4.78, 5) is -0.139. The van der Waals surface area contributed by atoms with Crippen LogP contribution in [0.2, 0.25) is 0 Å². The summed E-state index contributed by atoms with van der Waals surface area (Å²) in [6, 6.07) is 6.10. The summed E-state index contributed by atoms with van der Waals surface area (Å²) in [5.41, 5.74) is 0.488. The molecule has 0 amide bonds. The number of aliphatic hydroxyl groups excluding tert-OH is 1. The topological polar surface area (TPSA) is 77.4 Å². The molecule has 0 atom stereocenters. The zero-order valence-corrected chi connectivity index (χ0v) is 12.1. The average Bonchev–Trinajstić information content (AvgIpc) is 2.15. The molecule has 0 aliphatic rings. The first-order chi connectivity index (χ1) is 8.08. The lowest BCUT2D eigenvalue weighted by atomic mass is 10.2. The molecule has 0 aliphatic carbocycles. The van der Waals surface area contributed by atoms with Crippen LogP contribution < -0.4 is 0 Å². The molecule has 0 spiro atoms. The number of hydrogen-bond acceptors (Lipinski definition) is 4. The predicted molar refractivity (Wildman–Crippen MR) is 69.1 cm³/mol. The second kappa shape index (κ2) is 6.84. The number of nitrogens with zero attached hydrogens (tertiary/aromatic N) is 1. The van der Waals surface area contributed by atoms with Crippen molar-refractivity contribution in [2.45, 2.75) is 11.8 Å². The van der Waals surface area contributed by atoms with Crippen molar-refractivity contribution in [1.29, 1.82) is 0 Å². The van der Waals surface area contributed by atoms with Crippen LogP contribution in [0.1, 0.15) is 5.56 Å². The minimum Gasteiger partial charge on any atom is -0.744 e. The van der Waals surface area contributed by atoms with E-state index in [1.807, 2.05) is 0 Å². The highest BCUT2D eigenvalue weighted by Crippen LogP contribution is 2.12. The van der Waals surface area contributed by atoms with Gasteiger partial charge in [0.05, 0.1) is 32.6 Å².